The minimum absolute atomic E-state index is 0.0102. The molecule has 0 heterocycles. The first-order valence-electron chi connectivity index (χ1n) is 7.46. The van der Waals surface area contributed by atoms with Gasteiger partial charge in [-0.2, -0.15) is 0 Å². The molecule has 0 radical (unpaired) electrons. The maximum atomic E-state index is 12.6. The Bertz CT molecular complexity index is 416. The monoisotopic (exact) mass is 276 g/mol. The smallest absolute Gasteiger partial charge is 0.244 e. The van der Waals surface area contributed by atoms with E-state index in [1.807, 2.05) is 30.3 Å². The molecule has 1 saturated carbocycles. The Morgan fingerprint density at radius 3 is 2.50 bits per heavy atom. The van der Waals surface area contributed by atoms with E-state index < -0.39 is 6.04 Å². The fourth-order valence-corrected chi connectivity index (χ4v) is 2.95. The molecule has 1 aliphatic carbocycles. The summed E-state index contributed by atoms with van der Waals surface area (Å²) >= 11 is 0. The number of nitrogens with zero attached hydrogens (tertiary/aromatic N) is 1. The molecule has 0 aliphatic heterocycles. The number of nitrogens with two attached hydrogens (primary N) is 1. The summed E-state index contributed by atoms with van der Waals surface area (Å²) in [5, 5.41) is 9.23. The second-order valence-electron chi connectivity index (χ2n) is 5.44. The Morgan fingerprint density at radius 1 is 1.25 bits per heavy atom. The Labute approximate surface area is 120 Å². The van der Waals surface area contributed by atoms with Gasteiger partial charge >= 0.3 is 0 Å². The normalized spacial score (nSPS) is 17.7. The number of hydrogen-bond acceptors (Lipinski definition) is 3. The molecule has 0 spiro atoms. The zero-order valence-electron chi connectivity index (χ0n) is 11.9. The number of aliphatic hydroxyl groups is 1. The minimum Gasteiger partial charge on any atom is -0.395 e. The number of benzene rings is 1. The Morgan fingerprint density at radius 2 is 1.90 bits per heavy atom. The Kier molecular flexibility index (Phi) is 5.56. The summed E-state index contributed by atoms with van der Waals surface area (Å²) < 4.78 is 0. The molecule has 3 N–H and O–H groups in total. The number of aliphatic hydroxyl groups excluding tert-OH is 1. The fraction of sp³-hybridized carbons (Fsp3) is 0.562. The summed E-state index contributed by atoms with van der Waals surface area (Å²) in [6.45, 7) is 0.369. The predicted molar refractivity (Wildman–Crippen MR) is 79.0 cm³/mol. The molecule has 1 unspecified atom stereocenters. The molecule has 1 fully saturated rings. The number of hydrogen-bond donors (Lipinski definition) is 2. The van der Waals surface area contributed by atoms with E-state index in [0.717, 1.165) is 31.2 Å². The number of rotatable bonds is 5. The SMILES string of the molecule is NC(C(=O)N(CCO)C1CCCCC1)c1ccccc1. The zero-order valence-corrected chi connectivity index (χ0v) is 11.9. The fourth-order valence-electron chi connectivity index (χ4n) is 2.95. The van der Waals surface area contributed by atoms with Gasteiger partial charge in [0, 0.05) is 12.6 Å². The third-order valence-corrected chi connectivity index (χ3v) is 4.06. The van der Waals surface area contributed by atoms with Gasteiger partial charge in [-0.1, -0.05) is 49.6 Å². The maximum absolute atomic E-state index is 12.6. The highest BCUT2D eigenvalue weighted by atomic mass is 16.3. The van der Waals surface area contributed by atoms with Crippen molar-refractivity contribution in [3.63, 3.8) is 0 Å². The Balaban J connectivity index is 2.09. The molecule has 4 heteroatoms. The number of carbonyl (C=O) groups excluding carboxylic acids is 1. The van der Waals surface area contributed by atoms with Crippen LogP contribution in [0.2, 0.25) is 0 Å². The molecule has 1 atom stereocenters. The van der Waals surface area contributed by atoms with Gasteiger partial charge in [-0.3, -0.25) is 4.79 Å². The second kappa shape index (κ2) is 7.41. The van der Waals surface area contributed by atoms with E-state index in [2.05, 4.69) is 0 Å². The Hall–Kier alpha value is -1.39. The van der Waals surface area contributed by atoms with Gasteiger partial charge in [0.05, 0.1) is 6.61 Å². The van der Waals surface area contributed by atoms with Crippen molar-refractivity contribution in [2.45, 2.75) is 44.2 Å². The van der Waals surface area contributed by atoms with Crippen LogP contribution in [0.5, 0.6) is 0 Å². The molecular formula is C16H24N2O2. The molecule has 1 aliphatic rings. The van der Waals surface area contributed by atoms with Crippen molar-refractivity contribution in [2.24, 2.45) is 5.73 Å². The summed E-state index contributed by atoms with van der Waals surface area (Å²) in [5.74, 6) is -0.0721. The molecule has 1 aromatic rings. The minimum atomic E-state index is -0.635. The van der Waals surface area contributed by atoms with Gasteiger partial charge in [-0.25, -0.2) is 0 Å². The third-order valence-electron chi connectivity index (χ3n) is 4.06. The second-order valence-corrected chi connectivity index (χ2v) is 5.44. The quantitative estimate of drug-likeness (QED) is 0.862. The van der Waals surface area contributed by atoms with E-state index in [1.54, 1.807) is 4.90 Å². The van der Waals surface area contributed by atoms with Crippen LogP contribution in [0, 0.1) is 0 Å². The molecule has 2 rings (SSSR count). The lowest BCUT2D eigenvalue weighted by atomic mass is 9.93. The zero-order chi connectivity index (χ0) is 14.4. The topological polar surface area (TPSA) is 66.6 Å². The number of carbonyl (C=O) groups is 1. The highest BCUT2D eigenvalue weighted by molar-refractivity contribution is 5.83. The van der Waals surface area contributed by atoms with Crippen molar-refractivity contribution in [3.8, 4) is 0 Å². The summed E-state index contributed by atoms with van der Waals surface area (Å²) in [6, 6.07) is 9.04. The van der Waals surface area contributed by atoms with Crippen LogP contribution in [0.15, 0.2) is 30.3 Å². The van der Waals surface area contributed by atoms with Gasteiger partial charge in [0.15, 0.2) is 0 Å². The van der Waals surface area contributed by atoms with Gasteiger partial charge in [0.1, 0.15) is 6.04 Å². The van der Waals surface area contributed by atoms with Crippen molar-refractivity contribution in [3.05, 3.63) is 35.9 Å². The van der Waals surface area contributed by atoms with Gasteiger partial charge < -0.3 is 15.7 Å². The van der Waals surface area contributed by atoms with Gasteiger partial charge in [0.2, 0.25) is 5.91 Å². The van der Waals surface area contributed by atoms with Crippen LogP contribution in [0.4, 0.5) is 0 Å². The summed E-state index contributed by atoms with van der Waals surface area (Å²) in [6.07, 6.45) is 5.59. The summed E-state index contributed by atoms with van der Waals surface area (Å²) in [7, 11) is 0. The molecule has 1 aromatic carbocycles. The largest absolute Gasteiger partial charge is 0.395 e. The first-order valence-corrected chi connectivity index (χ1v) is 7.46. The lowest BCUT2D eigenvalue weighted by molar-refractivity contribution is -0.136. The molecule has 0 bridgehead atoms. The van der Waals surface area contributed by atoms with Crippen LogP contribution in [-0.4, -0.2) is 35.1 Å². The van der Waals surface area contributed by atoms with Gasteiger partial charge in [0.25, 0.3) is 0 Å². The first-order chi connectivity index (χ1) is 9.74. The van der Waals surface area contributed by atoms with Crippen LogP contribution in [0.3, 0.4) is 0 Å². The lowest BCUT2D eigenvalue weighted by Crippen LogP contribution is -2.47. The average Bonchev–Trinajstić information content (AvgIpc) is 2.53. The molecule has 4 nitrogen and oxygen atoms in total. The van der Waals surface area contributed by atoms with E-state index >= 15 is 0 Å². The molecule has 0 aromatic heterocycles. The predicted octanol–water partition coefficient (Wildman–Crippen LogP) is 1.84. The molecule has 110 valence electrons. The molecule has 0 saturated heterocycles. The van der Waals surface area contributed by atoms with Crippen LogP contribution < -0.4 is 5.73 Å². The van der Waals surface area contributed by atoms with E-state index in [0.29, 0.717) is 6.54 Å². The summed E-state index contributed by atoms with van der Waals surface area (Å²) in [4.78, 5) is 14.4. The average molecular weight is 276 g/mol. The van der Waals surface area contributed by atoms with Crippen molar-refractivity contribution in [2.75, 3.05) is 13.2 Å². The molecular weight excluding hydrogens is 252 g/mol. The van der Waals surface area contributed by atoms with E-state index in [-0.39, 0.29) is 18.6 Å². The molecule has 1 amide bonds. The maximum Gasteiger partial charge on any atom is 0.244 e. The van der Waals surface area contributed by atoms with E-state index in [9.17, 15) is 9.90 Å². The van der Waals surface area contributed by atoms with Crippen LogP contribution in [-0.2, 0) is 4.79 Å². The van der Waals surface area contributed by atoms with Crippen LogP contribution >= 0.6 is 0 Å². The van der Waals surface area contributed by atoms with Crippen molar-refractivity contribution < 1.29 is 9.90 Å². The standard InChI is InChI=1S/C16H24N2O2/c17-15(13-7-3-1-4-8-13)16(20)18(11-12-19)14-9-5-2-6-10-14/h1,3-4,7-8,14-15,19H,2,5-6,9-12,17H2. The lowest BCUT2D eigenvalue weighted by Gasteiger charge is -2.35. The van der Waals surface area contributed by atoms with Crippen molar-refractivity contribution in [1.29, 1.82) is 0 Å². The molecule has 20 heavy (non-hydrogen) atoms. The first kappa shape index (κ1) is 15.0. The van der Waals surface area contributed by atoms with E-state index in [1.165, 1.54) is 6.42 Å². The van der Waals surface area contributed by atoms with Crippen molar-refractivity contribution in [1.82, 2.24) is 4.90 Å². The van der Waals surface area contributed by atoms with Crippen LogP contribution in [0.25, 0.3) is 0 Å². The summed E-state index contributed by atoms with van der Waals surface area (Å²) in [5.41, 5.74) is 6.93. The highest BCUT2D eigenvalue weighted by Gasteiger charge is 2.29. The van der Waals surface area contributed by atoms with Gasteiger partial charge in [-0.15, -0.1) is 0 Å². The number of amides is 1. The van der Waals surface area contributed by atoms with E-state index in [4.69, 9.17) is 5.73 Å². The third kappa shape index (κ3) is 3.58. The highest BCUT2D eigenvalue weighted by Crippen LogP contribution is 2.24. The van der Waals surface area contributed by atoms with Gasteiger partial charge in [-0.05, 0) is 18.4 Å². The van der Waals surface area contributed by atoms with Crippen molar-refractivity contribution >= 4 is 5.91 Å². The van der Waals surface area contributed by atoms with Crippen LogP contribution in [0.1, 0.15) is 43.7 Å².